The molecule has 1 N–H and O–H groups in total. The molecule has 3 rings (SSSR count). The molecule has 7 heteroatoms. The van der Waals surface area contributed by atoms with E-state index in [1.165, 1.54) is 0 Å². The molecule has 7 nitrogen and oxygen atoms in total. The number of nitrogens with one attached hydrogen (secondary N) is 1. The van der Waals surface area contributed by atoms with E-state index in [9.17, 15) is 9.59 Å². The largest absolute Gasteiger partial charge is 0.486 e. The molecule has 1 atom stereocenters. The number of carbonyl (C=O) groups excluding carboxylic acids is 1. The van der Waals surface area contributed by atoms with E-state index in [1.807, 2.05) is 37.3 Å². The van der Waals surface area contributed by atoms with Crippen molar-refractivity contribution in [3.8, 4) is 5.75 Å². The highest BCUT2D eigenvalue weighted by Crippen LogP contribution is 2.16. The summed E-state index contributed by atoms with van der Waals surface area (Å²) in [6, 6.07) is 14.5. The van der Waals surface area contributed by atoms with Crippen LogP contribution < -0.4 is 10.3 Å². The maximum Gasteiger partial charge on any atom is 0.335 e. The van der Waals surface area contributed by atoms with Crippen LogP contribution in [0.1, 0.15) is 25.2 Å². The molecule has 0 saturated heterocycles. The molecular formula is C22H24N2O5. The quantitative estimate of drug-likeness (QED) is 0.559. The Labute approximate surface area is 168 Å². The summed E-state index contributed by atoms with van der Waals surface area (Å²) < 4.78 is 16.3. The summed E-state index contributed by atoms with van der Waals surface area (Å²) in [5.74, 6) is 0.728. The van der Waals surface area contributed by atoms with Gasteiger partial charge in [-0.15, -0.1) is 0 Å². The Morgan fingerprint density at radius 1 is 1.07 bits per heavy atom. The van der Waals surface area contributed by atoms with E-state index < -0.39 is 6.10 Å². The molecule has 0 saturated carbocycles. The van der Waals surface area contributed by atoms with Crippen LogP contribution in [-0.2, 0) is 27.3 Å². The van der Waals surface area contributed by atoms with Crippen molar-refractivity contribution in [2.24, 2.45) is 0 Å². The predicted molar refractivity (Wildman–Crippen MR) is 109 cm³/mol. The van der Waals surface area contributed by atoms with Gasteiger partial charge in [0.05, 0.1) is 17.5 Å². The number of carbonyl (C=O) groups is 1. The molecule has 0 aliphatic heterocycles. The molecule has 29 heavy (non-hydrogen) atoms. The molecule has 0 aliphatic rings. The Bertz CT molecular complexity index is 1010. The van der Waals surface area contributed by atoms with Gasteiger partial charge in [-0.05, 0) is 43.7 Å². The normalized spacial score (nSPS) is 11.9. The van der Waals surface area contributed by atoms with Crippen molar-refractivity contribution < 1.29 is 19.0 Å². The highest BCUT2D eigenvalue weighted by molar-refractivity contribution is 5.77. The van der Waals surface area contributed by atoms with Crippen LogP contribution in [0.15, 0.2) is 53.3 Å². The van der Waals surface area contributed by atoms with Gasteiger partial charge in [0.1, 0.15) is 18.2 Å². The first-order valence-electron chi connectivity index (χ1n) is 9.58. The van der Waals surface area contributed by atoms with E-state index in [0.717, 1.165) is 5.56 Å². The van der Waals surface area contributed by atoms with E-state index >= 15 is 0 Å². The number of hydrogen-bond donors (Lipinski definition) is 1. The fourth-order valence-electron chi connectivity index (χ4n) is 2.94. The third-order valence-corrected chi connectivity index (χ3v) is 4.30. The topological polar surface area (TPSA) is 90.5 Å². The number of para-hydroxylation sites is 1. The lowest BCUT2D eigenvalue weighted by Crippen LogP contribution is -2.28. The number of rotatable bonds is 9. The highest BCUT2D eigenvalue weighted by Gasteiger charge is 2.20. The molecular weight excluding hydrogens is 372 g/mol. The molecule has 0 spiro atoms. The molecule has 152 valence electrons. The fraction of sp³-hybridized carbons (Fsp3) is 0.318. The van der Waals surface area contributed by atoms with Gasteiger partial charge in [-0.25, -0.2) is 9.78 Å². The third kappa shape index (κ3) is 5.42. The van der Waals surface area contributed by atoms with Gasteiger partial charge in [0.2, 0.25) is 0 Å². The van der Waals surface area contributed by atoms with Crippen molar-refractivity contribution in [1.82, 2.24) is 9.97 Å². The third-order valence-electron chi connectivity index (χ3n) is 4.30. The van der Waals surface area contributed by atoms with Crippen molar-refractivity contribution in [1.29, 1.82) is 0 Å². The second-order valence-electron chi connectivity index (χ2n) is 6.36. The molecule has 0 fully saturated rings. The Hall–Kier alpha value is -3.19. The summed E-state index contributed by atoms with van der Waals surface area (Å²) in [6.07, 6.45) is -0.203. The average Bonchev–Trinajstić information content (AvgIpc) is 2.73. The van der Waals surface area contributed by atoms with Crippen LogP contribution >= 0.6 is 0 Å². The first-order valence-corrected chi connectivity index (χ1v) is 9.58. The second kappa shape index (κ2) is 9.84. The minimum atomic E-state index is -0.626. The molecule has 0 aliphatic carbocycles. The lowest BCUT2D eigenvalue weighted by atomic mass is 10.1. The minimum Gasteiger partial charge on any atom is -0.486 e. The van der Waals surface area contributed by atoms with Gasteiger partial charge in [0, 0.05) is 13.0 Å². The Morgan fingerprint density at radius 3 is 2.55 bits per heavy atom. The number of nitrogens with zero attached hydrogens (tertiary/aromatic N) is 1. The van der Waals surface area contributed by atoms with E-state index in [4.69, 9.17) is 14.2 Å². The summed E-state index contributed by atoms with van der Waals surface area (Å²) in [7, 11) is 0. The van der Waals surface area contributed by atoms with Crippen molar-refractivity contribution in [2.75, 3.05) is 13.2 Å². The van der Waals surface area contributed by atoms with Crippen molar-refractivity contribution >= 4 is 16.9 Å². The van der Waals surface area contributed by atoms with Crippen LogP contribution in [0.2, 0.25) is 0 Å². The predicted octanol–water partition coefficient (Wildman–Crippen LogP) is 3.01. The summed E-state index contributed by atoms with van der Waals surface area (Å²) >= 11 is 0. The zero-order chi connectivity index (χ0) is 20.6. The number of esters is 1. The molecule has 0 amide bonds. The molecule has 3 aromatic rings. The molecule has 1 heterocycles. The van der Waals surface area contributed by atoms with Crippen molar-refractivity contribution in [3.63, 3.8) is 0 Å². The fourth-order valence-corrected chi connectivity index (χ4v) is 2.94. The maximum absolute atomic E-state index is 12.1. The summed E-state index contributed by atoms with van der Waals surface area (Å²) in [5, 5.41) is 0.547. The van der Waals surface area contributed by atoms with Crippen LogP contribution in [0.5, 0.6) is 5.75 Å². The van der Waals surface area contributed by atoms with Crippen molar-refractivity contribution in [2.45, 2.75) is 33.0 Å². The zero-order valence-corrected chi connectivity index (χ0v) is 16.5. The summed E-state index contributed by atoms with van der Waals surface area (Å²) in [5.41, 5.74) is 1.37. The number of hydrogen-bond acceptors (Lipinski definition) is 6. The first kappa shape index (κ1) is 20.5. The van der Waals surface area contributed by atoms with Crippen molar-refractivity contribution in [3.05, 3.63) is 70.3 Å². The number of ether oxygens (including phenoxy) is 3. The summed E-state index contributed by atoms with van der Waals surface area (Å²) in [6.45, 7) is 4.50. The smallest absolute Gasteiger partial charge is 0.335 e. The second-order valence-corrected chi connectivity index (χ2v) is 6.36. The molecule has 2 aromatic carbocycles. The van der Waals surface area contributed by atoms with E-state index in [1.54, 1.807) is 25.1 Å². The standard InChI is InChI=1S/C22H24N2O5/c1-3-27-19(22(26)28-4-2)13-15-9-11-16(12-10-15)29-14-20-23-18-8-6-5-7-17(18)21(25)24-20/h5-12,19H,3-4,13-14H2,1-2H3,(H,23,24,25). The monoisotopic (exact) mass is 396 g/mol. The van der Waals surface area contributed by atoms with Crippen LogP contribution in [-0.4, -0.2) is 35.3 Å². The van der Waals surface area contributed by atoms with Gasteiger partial charge in [0.15, 0.2) is 6.10 Å². The van der Waals surface area contributed by atoms with Crippen LogP contribution in [0.3, 0.4) is 0 Å². The van der Waals surface area contributed by atoms with E-state index in [-0.39, 0.29) is 18.1 Å². The lowest BCUT2D eigenvalue weighted by Gasteiger charge is -2.15. The highest BCUT2D eigenvalue weighted by atomic mass is 16.6. The molecule has 0 bridgehead atoms. The van der Waals surface area contributed by atoms with Gasteiger partial charge in [-0.3, -0.25) is 4.79 Å². The van der Waals surface area contributed by atoms with Crippen LogP contribution in [0.4, 0.5) is 0 Å². The average molecular weight is 396 g/mol. The zero-order valence-electron chi connectivity index (χ0n) is 16.5. The number of benzene rings is 2. The number of fused-ring (bicyclic) bond motifs is 1. The lowest BCUT2D eigenvalue weighted by molar-refractivity contribution is -0.156. The first-order chi connectivity index (χ1) is 14.1. The molecule has 0 radical (unpaired) electrons. The number of aromatic nitrogens is 2. The maximum atomic E-state index is 12.1. The molecule has 1 aromatic heterocycles. The minimum absolute atomic E-state index is 0.143. The van der Waals surface area contributed by atoms with Gasteiger partial charge in [-0.2, -0.15) is 0 Å². The van der Waals surface area contributed by atoms with Crippen LogP contribution in [0, 0.1) is 0 Å². The van der Waals surface area contributed by atoms with Gasteiger partial charge in [0.25, 0.3) is 5.56 Å². The van der Waals surface area contributed by atoms with Crippen LogP contribution in [0.25, 0.3) is 10.9 Å². The Kier molecular flexibility index (Phi) is 6.97. The SMILES string of the molecule is CCOC(=O)C(Cc1ccc(OCc2nc3ccccc3c(=O)[nH]2)cc1)OCC. The van der Waals surface area contributed by atoms with Gasteiger partial charge >= 0.3 is 5.97 Å². The van der Waals surface area contributed by atoms with Gasteiger partial charge in [-0.1, -0.05) is 24.3 Å². The Morgan fingerprint density at radius 2 is 1.83 bits per heavy atom. The van der Waals surface area contributed by atoms with Gasteiger partial charge < -0.3 is 19.2 Å². The van der Waals surface area contributed by atoms with E-state index in [0.29, 0.717) is 42.1 Å². The number of H-pyrrole nitrogens is 1. The Balaban J connectivity index is 1.63. The number of aromatic amines is 1. The van der Waals surface area contributed by atoms with E-state index in [2.05, 4.69) is 9.97 Å². The summed E-state index contributed by atoms with van der Waals surface area (Å²) in [4.78, 5) is 31.2. The molecule has 1 unspecified atom stereocenters.